The van der Waals surface area contributed by atoms with Crippen molar-refractivity contribution in [2.45, 2.75) is 37.1 Å². The first kappa shape index (κ1) is 16.7. The fraction of sp³-hybridized carbons (Fsp3) is 0.800. The first-order valence-corrected chi connectivity index (χ1v) is 9.51. The third-order valence-corrected chi connectivity index (χ3v) is 5.50. The fourth-order valence-corrected chi connectivity index (χ4v) is 3.92. The molecule has 8 heteroatoms. The molecule has 0 saturated carbocycles. The van der Waals surface area contributed by atoms with Gasteiger partial charge in [-0.2, -0.15) is 16.7 Å². The first-order valence-electron chi connectivity index (χ1n) is 8.12. The highest BCUT2D eigenvalue weighted by Gasteiger charge is 2.41. The van der Waals surface area contributed by atoms with E-state index in [1.807, 2.05) is 6.26 Å². The minimum absolute atomic E-state index is 0.0690. The van der Waals surface area contributed by atoms with Crippen LogP contribution in [-0.2, 0) is 17.1 Å². The highest BCUT2D eigenvalue weighted by molar-refractivity contribution is 7.97. The Morgan fingerprint density at radius 2 is 2.26 bits per heavy atom. The van der Waals surface area contributed by atoms with Gasteiger partial charge in [-0.1, -0.05) is 5.16 Å². The molecule has 2 aliphatic heterocycles. The molecule has 0 bridgehead atoms. The topological polar surface area (TPSA) is 74.5 Å². The van der Waals surface area contributed by atoms with Gasteiger partial charge in [0, 0.05) is 38.1 Å². The van der Waals surface area contributed by atoms with Crippen LogP contribution in [0.1, 0.15) is 31.0 Å². The molecule has 3 heterocycles. The van der Waals surface area contributed by atoms with E-state index >= 15 is 0 Å². The minimum atomic E-state index is 0.0690. The van der Waals surface area contributed by atoms with Crippen LogP contribution >= 0.6 is 11.8 Å². The van der Waals surface area contributed by atoms with E-state index in [9.17, 15) is 4.79 Å². The summed E-state index contributed by atoms with van der Waals surface area (Å²) in [5.41, 5.74) is 0.0690. The summed E-state index contributed by atoms with van der Waals surface area (Å²) < 4.78 is 5.37. The molecule has 1 amide bonds. The fourth-order valence-electron chi connectivity index (χ4n) is 3.55. The van der Waals surface area contributed by atoms with Crippen LogP contribution in [0, 0.1) is 0 Å². The van der Waals surface area contributed by atoms with Gasteiger partial charge >= 0.3 is 0 Å². The van der Waals surface area contributed by atoms with Crippen molar-refractivity contribution < 1.29 is 9.32 Å². The zero-order valence-electron chi connectivity index (χ0n) is 13.9. The molecule has 0 radical (unpaired) electrons. The molecule has 1 spiro atoms. The molecule has 1 aromatic rings. The highest BCUT2D eigenvalue weighted by Crippen LogP contribution is 2.30. The van der Waals surface area contributed by atoms with Crippen molar-refractivity contribution in [1.82, 2.24) is 25.3 Å². The molecule has 2 aliphatic rings. The van der Waals surface area contributed by atoms with Crippen LogP contribution in [0.2, 0.25) is 0 Å². The molecule has 1 atom stereocenters. The van der Waals surface area contributed by atoms with Gasteiger partial charge in [0.05, 0.1) is 12.3 Å². The van der Waals surface area contributed by atoms with Crippen LogP contribution in [0.3, 0.4) is 0 Å². The Balaban J connectivity index is 1.65. The lowest BCUT2D eigenvalue weighted by Gasteiger charge is -2.49. The Morgan fingerprint density at radius 3 is 3.09 bits per heavy atom. The van der Waals surface area contributed by atoms with Crippen molar-refractivity contribution in [1.29, 1.82) is 0 Å². The van der Waals surface area contributed by atoms with Gasteiger partial charge in [-0.05, 0) is 26.1 Å². The molecule has 7 nitrogen and oxygen atoms in total. The summed E-state index contributed by atoms with van der Waals surface area (Å²) in [7, 11) is 2.18. The van der Waals surface area contributed by atoms with Gasteiger partial charge in [0.2, 0.25) is 11.8 Å². The Bertz CT molecular complexity index is 552. The molecule has 128 valence electrons. The Morgan fingerprint density at radius 1 is 1.39 bits per heavy atom. The van der Waals surface area contributed by atoms with Crippen LogP contribution in [0.15, 0.2) is 4.52 Å². The molecule has 23 heavy (non-hydrogen) atoms. The molecule has 0 aromatic carbocycles. The second-order valence-corrected chi connectivity index (χ2v) is 7.36. The number of amides is 1. The second-order valence-electron chi connectivity index (χ2n) is 6.49. The molecule has 3 rings (SSSR count). The van der Waals surface area contributed by atoms with Gasteiger partial charge in [-0.3, -0.25) is 14.6 Å². The van der Waals surface area contributed by atoms with Crippen molar-refractivity contribution in [2.75, 3.05) is 39.5 Å². The first-order chi connectivity index (χ1) is 11.1. The van der Waals surface area contributed by atoms with E-state index in [-0.39, 0.29) is 11.4 Å². The molecule has 0 aliphatic carbocycles. The lowest BCUT2D eigenvalue weighted by atomic mass is 9.86. The van der Waals surface area contributed by atoms with Gasteiger partial charge in [0.1, 0.15) is 0 Å². The highest BCUT2D eigenvalue weighted by atomic mass is 32.2. The van der Waals surface area contributed by atoms with Gasteiger partial charge in [-0.15, -0.1) is 0 Å². The van der Waals surface area contributed by atoms with Gasteiger partial charge in [0.15, 0.2) is 5.82 Å². The lowest BCUT2D eigenvalue weighted by Crippen LogP contribution is -2.60. The maximum atomic E-state index is 11.7. The summed E-state index contributed by atoms with van der Waals surface area (Å²) in [6.45, 7) is 4.38. The molecule has 2 fully saturated rings. The summed E-state index contributed by atoms with van der Waals surface area (Å²) >= 11 is 1.69. The van der Waals surface area contributed by atoms with E-state index in [4.69, 9.17) is 4.52 Å². The standard InChI is InChI=1S/C15H25N5O2S/c1-19-7-8-20(9-14-17-12(10-23-2)18-22-14)11-15(19)4-3-13(21)16-6-5-15/h3-11H2,1-2H3,(H,16,21)/t15-/m0/s1. The third-order valence-electron chi connectivity index (χ3n) is 4.95. The zero-order chi connectivity index (χ0) is 16.3. The number of hydrogen-bond donors (Lipinski definition) is 1. The number of thioether (sulfide) groups is 1. The van der Waals surface area contributed by atoms with Crippen LogP contribution in [0.25, 0.3) is 0 Å². The van der Waals surface area contributed by atoms with Crippen LogP contribution < -0.4 is 5.32 Å². The van der Waals surface area contributed by atoms with Crippen LogP contribution in [0.5, 0.6) is 0 Å². The lowest BCUT2D eigenvalue weighted by molar-refractivity contribution is -0.121. The predicted octanol–water partition coefficient (Wildman–Crippen LogP) is 0.719. The van der Waals surface area contributed by atoms with Crippen molar-refractivity contribution in [3.8, 4) is 0 Å². The number of nitrogens with zero attached hydrogens (tertiary/aromatic N) is 4. The SMILES string of the molecule is CSCc1noc(CN2CCN(C)[C@@]3(CCNC(=O)CC3)C2)n1. The number of carbonyl (C=O) groups is 1. The number of rotatable bonds is 4. The van der Waals surface area contributed by atoms with Gasteiger partial charge in [-0.25, -0.2) is 0 Å². The van der Waals surface area contributed by atoms with Crippen LogP contribution in [-0.4, -0.2) is 70.9 Å². The Hall–Kier alpha value is -1.12. The average Bonchev–Trinajstić information content (AvgIpc) is 2.87. The average molecular weight is 339 g/mol. The third kappa shape index (κ3) is 3.87. The van der Waals surface area contributed by atoms with Crippen molar-refractivity contribution >= 4 is 17.7 Å². The van der Waals surface area contributed by atoms with Crippen LogP contribution in [0.4, 0.5) is 0 Å². The second kappa shape index (κ2) is 7.19. The minimum Gasteiger partial charge on any atom is -0.356 e. The van der Waals surface area contributed by atoms with E-state index in [1.54, 1.807) is 11.8 Å². The van der Waals surface area contributed by atoms with Gasteiger partial charge in [0.25, 0.3) is 0 Å². The predicted molar refractivity (Wildman–Crippen MR) is 89.0 cm³/mol. The number of nitrogens with one attached hydrogen (secondary N) is 1. The quantitative estimate of drug-likeness (QED) is 0.866. The van der Waals surface area contributed by atoms with E-state index in [2.05, 4.69) is 32.3 Å². The number of likely N-dealkylation sites (N-methyl/N-ethyl adjacent to an activating group) is 1. The number of hydrogen-bond acceptors (Lipinski definition) is 7. The van der Waals surface area contributed by atoms with E-state index in [1.165, 1.54) is 0 Å². The van der Waals surface area contributed by atoms with Crippen molar-refractivity contribution in [3.63, 3.8) is 0 Å². The molecule has 1 aromatic heterocycles. The van der Waals surface area contributed by atoms with E-state index < -0.39 is 0 Å². The summed E-state index contributed by atoms with van der Waals surface area (Å²) in [6.07, 6.45) is 4.54. The summed E-state index contributed by atoms with van der Waals surface area (Å²) in [4.78, 5) is 20.9. The van der Waals surface area contributed by atoms with Crippen molar-refractivity contribution in [3.05, 3.63) is 11.7 Å². The number of piperazine rings is 1. The van der Waals surface area contributed by atoms with Crippen molar-refractivity contribution in [2.24, 2.45) is 0 Å². The smallest absolute Gasteiger partial charge is 0.240 e. The molecular weight excluding hydrogens is 314 g/mol. The Kier molecular flexibility index (Phi) is 5.23. The number of aromatic nitrogens is 2. The number of carbonyl (C=O) groups excluding carboxylic acids is 1. The molecular formula is C15H25N5O2S. The maximum absolute atomic E-state index is 11.7. The summed E-state index contributed by atoms with van der Waals surface area (Å²) in [5.74, 6) is 2.41. The van der Waals surface area contributed by atoms with E-state index in [0.717, 1.165) is 50.6 Å². The molecule has 0 unspecified atom stereocenters. The zero-order valence-corrected chi connectivity index (χ0v) is 14.7. The monoisotopic (exact) mass is 339 g/mol. The molecule has 2 saturated heterocycles. The van der Waals surface area contributed by atoms with E-state index in [0.29, 0.717) is 18.9 Å². The maximum Gasteiger partial charge on any atom is 0.240 e. The molecule has 1 N–H and O–H groups in total. The largest absolute Gasteiger partial charge is 0.356 e. The normalized spacial score (nSPS) is 27.1. The summed E-state index contributed by atoms with van der Waals surface area (Å²) in [6, 6.07) is 0. The Labute approximate surface area is 141 Å². The summed E-state index contributed by atoms with van der Waals surface area (Å²) in [5, 5.41) is 7.01. The van der Waals surface area contributed by atoms with Gasteiger partial charge < -0.3 is 9.84 Å².